The highest BCUT2D eigenvalue weighted by atomic mass is 16.5. The van der Waals surface area contributed by atoms with Crippen LogP contribution in [0.1, 0.15) is 56.6 Å². The third-order valence-corrected chi connectivity index (χ3v) is 5.08. The number of hydrogen-bond donors (Lipinski definition) is 2. The van der Waals surface area contributed by atoms with Crippen LogP contribution < -0.4 is 10.6 Å². The molecule has 0 unspecified atom stereocenters. The second-order valence-electron chi connectivity index (χ2n) is 7.35. The van der Waals surface area contributed by atoms with E-state index in [9.17, 15) is 14.4 Å². The van der Waals surface area contributed by atoms with Crippen LogP contribution in [-0.4, -0.2) is 30.4 Å². The minimum atomic E-state index is -0.908. The van der Waals surface area contributed by atoms with E-state index in [-0.39, 0.29) is 18.4 Å². The van der Waals surface area contributed by atoms with E-state index in [2.05, 4.69) is 10.6 Å². The summed E-state index contributed by atoms with van der Waals surface area (Å²) in [5.41, 5.74) is 2.67. The van der Waals surface area contributed by atoms with Crippen molar-refractivity contribution in [2.45, 2.75) is 65.4 Å². The molecule has 6 heteroatoms. The lowest BCUT2D eigenvalue weighted by Gasteiger charge is -2.15. The van der Waals surface area contributed by atoms with Gasteiger partial charge in [0.25, 0.3) is 5.91 Å². The van der Waals surface area contributed by atoms with Crippen LogP contribution in [0.3, 0.4) is 0 Å². The Morgan fingerprint density at radius 3 is 2.41 bits per heavy atom. The van der Waals surface area contributed by atoms with Crippen molar-refractivity contribution >= 4 is 23.5 Å². The third-order valence-electron chi connectivity index (χ3n) is 5.08. The Morgan fingerprint density at radius 2 is 1.78 bits per heavy atom. The number of para-hydroxylation sites is 1. The molecule has 27 heavy (non-hydrogen) atoms. The molecule has 1 aliphatic rings. The molecule has 0 aliphatic heterocycles. The van der Waals surface area contributed by atoms with E-state index in [1.54, 1.807) is 0 Å². The third kappa shape index (κ3) is 6.70. The van der Waals surface area contributed by atoms with Gasteiger partial charge in [-0.2, -0.15) is 0 Å². The number of ether oxygens (including phenoxy) is 1. The second kappa shape index (κ2) is 10.1. The highest BCUT2D eigenvalue weighted by Crippen LogP contribution is 2.28. The highest BCUT2D eigenvalue weighted by molar-refractivity contribution is 5.96. The van der Waals surface area contributed by atoms with Crippen molar-refractivity contribution in [3.63, 3.8) is 0 Å². The van der Waals surface area contributed by atoms with E-state index >= 15 is 0 Å². The molecule has 6 nitrogen and oxygen atoms in total. The first-order valence-corrected chi connectivity index (χ1v) is 9.70. The molecule has 2 amide bonds. The Kier molecular flexibility index (Phi) is 7.82. The van der Waals surface area contributed by atoms with Gasteiger partial charge in [-0.25, -0.2) is 0 Å². The molecule has 148 valence electrons. The Bertz CT molecular complexity index is 661. The largest absolute Gasteiger partial charge is 0.453 e. The predicted molar refractivity (Wildman–Crippen MR) is 104 cm³/mol. The van der Waals surface area contributed by atoms with Crippen molar-refractivity contribution in [3.8, 4) is 0 Å². The minimum absolute atomic E-state index is 0.170. The van der Waals surface area contributed by atoms with Crippen molar-refractivity contribution in [1.29, 1.82) is 0 Å². The fourth-order valence-electron chi connectivity index (χ4n) is 3.44. The van der Waals surface area contributed by atoms with Crippen LogP contribution in [-0.2, 0) is 19.1 Å². The Hall–Kier alpha value is -2.37. The smallest absolute Gasteiger partial charge is 0.306 e. The zero-order valence-electron chi connectivity index (χ0n) is 16.5. The van der Waals surface area contributed by atoms with Gasteiger partial charge in [-0.15, -0.1) is 0 Å². The number of anilines is 1. The van der Waals surface area contributed by atoms with E-state index < -0.39 is 12.0 Å². The van der Waals surface area contributed by atoms with Crippen LogP contribution in [0.4, 0.5) is 5.69 Å². The predicted octanol–water partition coefficient (Wildman–Crippen LogP) is 3.26. The molecular formula is C21H30N2O4. The first-order valence-electron chi connectivity index (χ1n) is 9.70. The minimum Gasteiger partial charge on any atom is -0.453 e. The van der Waals surface area contributed by atoms with Gasteiger partial charge in [0.15, 0.2) is 6.10 Å². The molecule has 1 aromatic carbocycles. The van der Waals surface area contributed by atoms with Gasteiger partial charge >= 0.3 is 5.97 Å². The van der Waals surface area contributed by atoms with Crippen LogP contribution in [0.2, 0.25) is 0 Å². The normalized spacial score (nSPS) is 15.2. The van der Waals surface area contributed by atoms with Gasteiger partial charge in [-0.1, -0.05) is 43.9 Å². The summed E-state index contributed by atoms with van der Waals surface area (Å²) in [6.07, 6.45) is 5.10. The monoisotopic (exact) mass is 374 g/mol. The zero-order valence-corrected chi connectivity index (χ0v) is 16.5. The summed E-state index contributed by atoms with van der Waals surface area (Å²) >= 11 is 0. The van der Waals surface area contributed by atoms with Gasteiger partial charge < -0.3 is 15.4 Å². The van der Waals surface area contributed by atoms with Crippen LogP contribution in [0, 0.1) is 19.8 Å². The molecule has 0 radical (unpaired) electrons. The van der Waals surface area contributed by atoms with Crippen molar-refractivity contribution < 1.29 is 19.1 Å². The standard InChI is InChI=1S/C21H30N2O4/c1-14-7-6-8-15(2)20(14)23-18(24)13-22-21(26)16(3)27-19(25)12-11-17-9-4-5-10-17/h6-8,16-17H,4-5,9-13H2,1-3H3,(H,22,26)(H,23,24)/t16-/m1/s1. The molecule has 1 aliphatic carbocycles. The molecule has 1 atom stereocenters. The summed E-state index contributed by atoms with van der Waals surface area (Å²) in [5, 5.41) is 5.32. The molecule has 1 aromatic rings. The van der Waals surface area contributed by atoms with Gasteiger partial charge in [-0.05, 0) is 44.2 Å². The first-order chi connectivity index (χ1) is 12.9. The van der Waals surface area contributed by atoms with Crippen LogP contribution in [0.5, 0.6) is 0 Å². The Labute approximate surface area is 161 Å². The number of esters is 1. The molecular weight excluding hydrogens is 344 g/mol. The molecule has 0 spiro atoms. The zero-order chi connectivity index (χ0) is 19.8. The van der Waals surface area contributed by atoms with E-state index in [0.717, 1.165) is 23.2 Å². The average molecular weight is 374 g/mol. The molecule has 2 N–H and O–H groups in total. The summed E-state index contributed by atoms with van der Waals surface area (Å²) in [4.78, 5) is 36.0. The topological polar surface area (TPSA) is 84.5 Å². The second-order valence-corrected chi connectivity index (χ2v) is 7.35. The Morgan fingerprint density at radius 1 is 1.15 bits per heavy atom. The maximum atomic E-state index is 12.1. The SMILES string of the molecule is Cc1cccc(C)c1NC(=O)CNC(=O)[C@@H](C)OC(=O)CCC1CCCC1. The first kappa shape index (κ1) is 20.9. The fraction of sp³-hybridized carbons (Fsp3) is 0.571. The molecule has 0 bridgehead atoms. The van der Waals surface area contributed by atoms with Gasteiger partial charge in [0.05, 0.1) is 6.54 Å². The number of nitrogens with one attached hydrogen (secondary N) is 2. The molecule has 2 rings (SSSR count). The molecule has 0 aromatic heterocycles. The lowest BCUT2D eigenvalue weighted by Crippen LogP contribution is -2.40. The van der Waals surface area contributed by atoms with Gasteiger partial charge in [0.2, 0.25) is 5.91 Å². The number of hydrogen-bond acceptors (Lipinski definition) is 4. The van der Waals surface area contributed by atoms with Gasteiger partial charge in [-0.3, -0.25) is 14.4 Å². The number of rotatable bonds is 8. The summed E-state index contributed by atoms with van der Waals surface area (Å²) in [6, 6.07) is 5.74. The van der Waals surface area contributed by atoms with Crippen LogP contribution in [0.15, 0.2) is 18.2 Å². The Balaban J connectivity index is 1.70. The highest BCUT2D eigenvalue weighted by Gasteiger charge is 2.21. The van der Waals surface area contributed by atoms with Crippen molar-refractivity contribution in [1.82, 2.24) is 5.32 Å². The number of carbonyl (C=O) groups is 3. The van der Waals surface area contributed by atoms with E-state index in [1.807, 2.05) is 32.0 Å². The average Bonchev–Trinajstić information content (AvgIpc) is 3.14. The summed E-state index contributed by atoms with van der Waals surface area (Å²) in [6.45, 7) is 5.17. The molecule has 1 fully saturated rings. The van der Waals surface area contributed by atoms with E-state index in [1.165, 1.54) is 32.6 Å². The summed E-state index contributed by atoms with van der Waals surface area (Å²) in [7, 11) is 0. The van der Waals surface area contributed by atoms with E-state index in [0.29, 0.717) is 12.3 Å². The maximum absolute atomic E-state index is 12.1. The van der Waals surface area contributed by atoms with Crippen molar-refractivity contribution in [2.24, 2.45) is 5.92 Å². The summed E-state index contributed by atoms with van der Waals surface area (Å²) in [5.74, 6) is -0.541. The number of benzene rings is 1. The quantitative estimate of drug-likeness (QED) is 0.684. The number of amides is 2. The lowest BCUT2D eigenvalue weighted by atomic mass is 10.0. The molecule has 0 heterocycles. The fourth-order valence-corrected chi connectivity index (χ4v) is 3.44. The van der Waals surface area contributed by atoms with Crippen LogP contribution in [0.25, 0.3) is 0 Å². The van der Waals surface area contributed by atoms with Crippen LogP contribution >= 0.6 is 0 Å². The maximum Gasteiger partial charge on any atom is 0.306 e. The number of carbonyl (C=O) groups excluding carboxylic acids is 3. The molecule has 0 saturated heterocycles. The molecule has 1 saturated carbocycles. The van der Waals surface area contributed by atoms with Crippen molar-refractivity contribution in [3.05, 3.63) is 29.3 Å². The van der Waals surface area contributed by atoms with Gasteiger partial charge in [0, 0.05) is 12.1 Å². The van der Waals surface area contributed by atoms with E-state index in [4.69, 9.17) is 4.74 Å². The lowest BCUT2D eigenvalue weighted by molar-refractivity contribution is -0.155. The van der Waals surface area contributed by atoms with Gasteiger partial charge in [0.1, 0.15) is 0 Å². The van der Waals surface area contributed by atoms with Crippen molar-refractivity contribution in [2.75, 3.05) is 11.9 Å². The number of aryl methyl sites for hydroxylation is 2. The summed E-state index contributed by atoms with van der Waals surface area (Å²) < 4.78 is 5.18.